The van der Waals surface area contributed by atoms with Gasteiger partial charge in [-0.2, -0.15) is 4.39 Å². The molecule has 2 aromatic rings. The predicted molar refractivity (Wildman–Crippen MR) is 117 cm³/mol. The molecule has 0 saturated heterocycles. The molecule has 174 valence electrons. The fraction of sp³-hybridized carbons (Fsp3) is 0.292. The fourth-order valence-corrected chi connectivity index (χ4v) is 3.94. The number of aryl methyl sites for hydroxylation is 1. The number of nitro groups is 1. The average molecular weight is 458 g/mol. The number of esters is 1. The zero-order valence-corrected chi connectivity index (χ0v) is 18.5. The van der Waals surface area contributed by atoms with Gasteiger partial charge >= 0.3 is 5.97 Å². The topological polar surface area (TPSA) is 90.7 Å². The van der Waals surface area contributed by atoms with Crippen LogP contribution in [0.25, 0.3) is 0 Å². The molecule has 1 aliphatic heterocycles. The smallest absolute Gasteiger partial charge is 0.336 e. The first-order valence-electron chi connectivity index (χ1n) is 10.3. The van der Waals surface area contributed by atoms with Crippen LogP contribution < -0.4 is 10.1 Å². The molecule has 0 aliphatic carbocycles. The minimum Gasteiger partial charge on any atom is -0.493 e. The highest BCUT2D eigenvalue weighted by Crippen LogP contribution is 2.43. The van der Waals surface area contributed by atoms with Crippen LogP contribution in [0, 0.1) is 21.7 Å². The third-order valence-corrected chi connectivity index (χ3v) is 5.42. The highest BCUT2D eigenvalue weighted by atomic mass is 19.2. The first-order valence-corrected chi connectivity index (χ1v) is 10.3. The van der Waals surface area contributed by atoms with Gasteiger partial charge < -0.3 is 14.8 Å². The highest BCUT2D eigenvalue weighted by Gasteiger charge is 2.43. The summed E-state index contributed by atoms with van der Waals surface area (Å²) in [4.78, 5) is 24.3. The normalized spacial score (nSPS) is 15.8. The molecule has 0 radical (unpaired) electrons. The number of hydrogen-bond acceptors (Lipinski definition) is 6. The van der Waals surface area contributed by atoms with Crippen molar-refractivity contribution in [2.75, 3.05) is 13.7 Å². The van der Waals surface area contributed by atoms with E-state index in [9.17, 15) is 23.7 Å². The fourth-order valence-electron chi connectivity index (χ4n) is 3.94. The molecule has 7 nitrogen and oxygen atoms in total. The number of ether oxygens (including phenoxy) is 2. The van der Waals surface area contributed by atoms with E-state index in [0.29, 0.717) is 18.5 Å². The van der Waals surface area contributed by atoms with Gasteiger partial charge in [0.1, 0.15) is 5.92 Å². The molecule has 1 atom stereocenters. The molecule has 2 aromatic carbocycles. The summed E-state index contributed by atoms with van der Waals surface area (Å²) in [5, 5.41) is 14.7. The van der Waals surface area contributed by atoms with Crippen LogP contribution in [0.2, 0.25) is 0 Å². The summed E-state index contributed by atoms with van der Waals surface area (Å²) < 4.78 is 38.7. The number of hydrogen-bond donors (Lipinski definition) is 1. The number of methoxy groups -OCH3 is 1. The quantitative estimate of drug-likeness (QED) is 0.269. The number of allylic oxidation sites excluding steroid dienone is 3. The van der Waals surface area contributed by atoms with Gasteiger partial charge in [0.2, 0.25) is 5.82 Å². The van der Waals surface area contributed by atoms with Crippen molar-refractivity contribution >= 4 is 5.97 Å². The number of rotatable bonds is 8. The molecule has 0 spiro atoms. The Morgan fingerprint density at radius 1 is 1.12 bits per heavy atom. The lowest BCUT2D eigenvalue weighted by Gasteiger charge is -2.27. The molecular formula is C24H24F2N2O5. The van der Waals surface area contributed by atoms with E-state index in [1.807, 2.05) is 30.3 Å². The minimum absolute atomic E-state index is 0.0421. The van der Waals surface area contributed by atoms with E-state index in [1.165, 1.54) is 13.0 Å². The molecule has 0 aromatic heterocycles. The maximum Gasteiger partial charge on any atom is 0.336 e. The Bertz CT molecular complexity index is 1130. The molecule has 0 bridgehead atoms. The van der Waals surface area contributed by atoms with Crippen LogP contribution in [0.15, 0.2) is 65.1 Å². The number of carbonyl (C=O) groups excluding carboxylic acids is 1. The molecule has 1 aliphatic rings. The van der Waals surface area contributed by atoms with Gasteiger partial charge in [-0.25, -0.2) is 9.18 Å². The van der Waals surface area contributed by atoms with Gasteiger partial charge in [-0.3, -0.25) is 10.1 Å². The van der Waals surface area contributed by atoms with Gasteiger partial charge in [0.05, 0.1) is 29.9 Å². The van der Waals surface area contributed by atoms with Crippen molar-refractivity contribution in [1.82, 2.24) is 5.32 Å². The lowest BCUT2D eigenvalue weighted by Crippen LogP contribution is -2.32. The number of nitrogens with one attached hydrogen (secondary N) is 1. The summed E-state index contributed by atoms with van der Waals surface area (Å²) >= 11 is 0. The highest BCUT2D eigenvalue weighted by molar-refractivity contribution is 5.92. The van der Waals surface area contributed by atoms with Crippen LogP contribution in [-0.2, 0) is 16.0 Å². The third-order valence-electron chi connectivity index (χ3n) is 5.42. The van der Waals surface area contributed by atoms with Crippen LogP contribution in [0.4, 0.5) is 8.78 Å². The molecule has 1 unspecified atom stereocenters. The first-order chi connectivity index (χ1) is 15.8. The summed E-state index contributed by atoms with van der Waals surface area (Å²) in [5.41, 5.74) is 1.11. The van der Waals surface area contributed by atoms with E-state index in [2.05, 4.69) is 5.32 Å². The van der Waals surface area contributed by atoms with Crippen molar-refractivity contribution in [3.8, 4) is 5.75 Å². The number of halogens is 2. The van der Waals surface area contributed by atoms with Crippen molar-refractivity contribution in [2.24, 2.45) is 0 Å². The van der Waals surface area contributed by atoms with Gasteiger partial charge in [0.25, 0.3) is 5.70 Å². The third kappa shape index (κ3) is 5.02. The Hall–Kier alpha value is -3.75. The van der Waals surface area contributed by atoms with E-state index in [0.717, 1.165) is 18.7 Å². The van der Waals surface area contributed by atoms with E-state index >= 15 is 0 Å². The van der Waals surface area contributed by atoms with E-state index < -0.39 is 34.2 Å². The van der Waals surface area contributed by atoms with Crippen molar-refractivity contribution in [3.05, 3.63) is 98.0 Å². The van der Waals surface area contributed by atoms with Gasteiger partial charge in [-0.15, -0.1) is 0 Å². The average Bonchev–Trinajstić information content (AvgIpc) is 2.78. The number of carbonyl (C=O) groups is 1. The maximum atomic E-state index is 14.4. The van der Waals surface area contributed by atoms with Crippen LogP contribution in [0.3, 0.4) is 0 Å². The number of dihydropyridines is 1. The molecule has 0 saturated carbocycles. The molecule has 1 heterocycles. The van der Waals surface area contributed by atoms with Gasteiger partial charge in [0, 0.05) is 11.3 Å². The molecular weight excluding hydrogens is 434 g/mol. The molecule has 3 rings (SSSR count). The molecule has 0 amide bonds. The molecule has 9 heteroatoms. The zero-order chi connectivity index (χ0) is 24.1. The van der Waals surface area contributed by atoms with Crippen molar-refractivity contribution in [3.63, 3.8) is 0 Å². The van der Waals surface area contributed by atoms with Crippen molar-refractivity contribution < 1.29 is 28.0 Å². The predicted octanol–water partition coefficient (Wildman–Crippen LogP) is 4.62. The van der Waals surface area contributed by atoms with Crippen LogP contribution in [-0.4, -0.2) is 24.6 Å². The Morgan fingerprint density at radius 2 is 1.82 bits per heavy atom. The Balaban J connectivity index is 1.93. The second kappa shape index (κ2) is 10.2. The van der Waals surface area contributed by atoms with Gasteiger partial charge in [-0.1, -0.05) is 36.4 Å². The van der Waals surface area contributed by atoms with Crippen molar-refractivity contribution in [2.45, 2.75) is 32.6 Å². The van der Waals surface area contributed by atoms with E-state index in [-0.39, 0.29) is 29.1 Å². The van der Waals surface area contributed by atoms with Crippen LogP contribution in [0.5, 0.6) is 5.75 Å². The van der Waals surface area contributed by atoms with E-state index in [1.54, 1.807) is 6.92 Å². The number of benzene rings is 2. The second-order valence-electron chi connectivity index (χ2n) is 7.57. The zero-order valence-electron chi connectivity index (χ0n) is 18.5. The SMILES string of the molecule is COc1c(C2C(C(=O)OCCCc3ccccc3)=C(C)NC(C)=C2[N+](=O)[O-])ccc(F)c1F. The number of nitrogens with zero attached hydrogens (tertiary/aromatic N) is 1. The van der Waals surface area contributed by atoms with Gasteiger partial charge in [-0.05, 0) is 38.3 Å². The minimum atomic E-state index is -1.31. The lowest BCUT2D eigenvalue weighted by molar-refractivity contribution is -0.431. The summed E-state index contributed by atoms with van der Waals surface area (Å²) in [6.07, 6.45) is 1.23. The molecule has 33 heavy (non-hydrogen) atoms. The monoisotopic (exact) mass is 458 g/mol. The van der Waals surface area contributed by atoms with Gasteiger partial charge in [0.15, 0.2) is 11.6 Å². The van der Waals surface area contributed by atoms with Crippen LogP contribution in [0.1, 0.15) is 37.3 Å². The molecule has 0 fully saturated rings. The summed E-state index contributed by atoms with van der Waals surface area (Å²) in [6.45, 7) is 3.13. The maximum absolute atomic E-state index is 14.4. The Labute approximate surface area is 189 Å². The van der Waals surface area contributed by atoms with Crippen LogP contribution >= 0.6 is 0 Å². The summed E-state index contributed by atoms with van der Waals surface area (Å²) in [7, 11) is 1.13. The molecule has 1 N–H and O–H groups in total. The Kier molecular flexibility index (Phi) is 7.42. The van der Waals surface area contributed by atoms with Crippen molar-refractivity contribution in [1.29, 1.82) is 0 Å². The standard InChI is InChI=1S/C24H24F2N2O5/c1-14-19(24(29)33-13-7-10-16-8-5-4-6-9-16)20(22(28(30)31)15(2)27-14)17-11-12-18(25)21(26)23(17)32-3/h4-6,8-9,11-12,20,27H,7,10,13H2,1-3H3. The summed E-state index contributed by atoms with van der Waals surface area (Å²) in [6, 6.07) is 11.7. The first kappa shape index (κ1) is 23.9. The largest absolute Gasteiger partial charge is 0.493 e. The second-order valence-corrected chi connectivity index (χ2v) is 7.57. The van der Waals surface area contributed by atoms with E-state index in [4.69, 9.17) is 9.47 Å². The summed E-state index contributed by atoms with van der Waals surface area (Å²) in [5.74, 6) is -5.05. The lowest BCUT2D eigenvalue weighted by atomic mass is 9.83. The Morgan fingerprint density at radius 3 is 2.45 bits per heavy atom.